The monoisotopic (exact) mass is 307 g/mol. The summed E-state index contributed by atoms with van der Waals surface area (Å²) in [6.07, 6.45) is 5.78. The number of unbranched alkanes of at least 4 members (excludes halogenated alkanes) is 2. The highest BCUT2D eigenvalue weighted by Gasteiger charge is 2.20. The Labute approximate surface area is 139 Å². The Morgan fingerprint density at radius 2 is 1.78 bits per heavy atom. The minimum absolute atomic E-state index is 0.224. The second kappa shape index (κ2) is 7.96. The van der Waals surface area contributed by atoms with Crippen LogP contribution < -0.4 is 4.74 Å². The predicted molar refractivity (Wildman–Crippen MR) is 96.6 cm³/mol. The van der Waals surface area contributed by atoms with Gasteiger partial charge in [0.2, 0.25) is 0 Å². The molecule has 23 heavy (non-hydrogen) atoms. The van der Waals surface area contributed by atoms with Crippen molar-refractivity contribution in [3.05, 3.63) is 65.7 Å². The van der Waals surface area contributed by atoms with Crippen LogP contribution in [0.25, 0.3) is 0 Å². The van der Waals surface area contributed by atoms with Gasteiger partial charge in [0.1, 0.15) is 12.4 Å². The van der Waals surface area contributed by atoms with Crippen molar-refractivity contribution in [1.82, 2.24) is 0 Å². The Morgan fingerprint density at radius 3 is 2.61 bits per heavy atom. The van der Waals surface area contributed by atoms with E-state index in [2.05, 4.69) is 31.2 Å². The van der Waals surface area contributed by atoms with Crippen molar-refractivity contribution in [2.24, 2.45) is 4.99 Å². The summed E-state index contributed by atoms with van der Waals surface area (Å²) < 4.78 is 5.93. The van der Waals surface area contributed by atoms with Crippen LogP contribution in [0.2, 0.25) is 0 Å². The molecule has 0 saturated carbocycles. The average molecular weight is 307 g/mol. The number of ether oxygens (including phenoxy) is 1. The highest BCUT2D eigenvalue weighted by atomic mass is 16.5. The number of benzene rings is 2. The zero-order chi connectivity index (χ0) is 15.9. The molecule has 0 saturated heterocycles. The molecule has 2 aromatic carbocycles. The quantitative estimate of drug-likeness (QED) is 0.655. The van der Waals surface area contributed by atoms with Gasteiger partial charge in [0.15, 0.2) is 0 Å². The second-order valence-corrected chi connectivity index (χ2v) is 6.17. The summed E-state index contributed by atoms with van der Waals surface area (Å²) in [6, 6.07) is 18.9. The maximum Gasteiger partial charge on any atom is 0.119 e. The zero-order valence-corrected chi connectivity index (χ0v) is 13.9. The first kappa shape index (κ1) is 15.8. The fraction of sp³-hybridized carbons (Fsp3) is 0.381. The molecule has 1 atom stereocenters. The van der Waals surface area contributed by atoms with Crippen LogP contribution in [0.3, 0.4) is 0 Å². The van der Waals surface area contributed by atoms with Gasteiger partial charge in [0, 0.05) is 5.71 Å². The van der Waals surface area contributed by atoms with Crippen LogP contribution in [0.5, 0.6) is 5.75 Å². The first-order valence-electron chi connectivity index (χ1n) is 8.69. The molecule has 0 N–H and O–H groups in total. The lowest BCUT2D eigenvalue weighted by atomic mass is 9.91. The molecule has 2 aromatic rings. The molecule has 1 heterocycles. The highest BCUT2D eigenvalue weighted by molar-refractivity contribution is 6.02. The smallest absolute Gasteiger partial charge is 0.119 e. The normalized spacial score (nSPS) is 16.6. The molecule has 0 bridgehead atoms. The summed E-state index contributed by atoms with van der Waals surface area (Å²) in [4.78, 5) is 5.00. The van der Waals surface area contributed by atoms with E-state index in [4.69, 9.17) is 9.73 Å². The van der Waals surface area contributed by atoms with Crippen molar-refractivity contribution >= 4 is 5.71 Å². The van der Waals surface area contributed by atoms with E-state index in [0.29, 0.717) is 6.61 Å². The summed E-state index contributed by atoms with van der Waals surface area (Å²) in [5, 5.41) is 0. The maximum absolute atomic E-state index is 5.93. The van der Waals surface area contributed by atoms with Crippen LogP contribution in [-0.4, -0.2) is 18.4 Å². The lowest BCUT2D eigenvalue weighted by Crippen LogP contribution is -2.26. The van der Waals surface area contributed by atoms with E-state index in [-0.39, 0.29) is 6.04 Å². The van der Waals surface area contributed by atoms with Gasteiger partial charge in [0.05, 0.1) is 6.04 Å². The molecule has 0 amide bonds. The minimum atomic E-state index is 0.224. The molecule has 0 aliphatic carbocycles. The van der Waals surface area contributed by atoms with Crippen molar-refractivity contribution < 1.29 is 4.74 Å². The molecular weight excluding hydrogens is 282 g/mol. The number of hydrogen-bond donors (Lipinski definition) is 0. The Hall–Kier alpha value is -2.09. The van der Waals surface area contributed by atoms with Gasteiger partial charge in [-0.15, -0.1) is 0 Å². The summed E-state index contributed by atoms with van der Waals surface area (Å²) >= 11 is 0. The van der Waals surface area contributed by atoms with E-state index in [1.54, 1.807) is 0 Å². The Bertz CT molecular complexity index is 648. The van der Waals surface area contributed by atoms with Crippen LogP contribution in [0.15, 0.2) is 59.6 Å². The van der Waals surface area contributed by atoms with E-state index in [1.807, 2.05) is 30.3 Å². The standard InChI is InChI=1S/C21H25NO/c1-2-3-5-14-21-20-13-9-8-10-17(20)15-18(22-21)16-23-19-11-6-4-7-12-19/h4,6-13,18H,2-3,5,14-16H2,1H3. The third-order valence-corrected chi connectivity index (χ3v) is 4.32. The largest absolute Gasteiger partial charge is 0.491 e. The molecule has 3 rings (SSSR count). The second-order valence-electron chi connectivity index (χ2n) is 6.17. The fourth-order valence-electron chi connectivity index (χ4n) is 3.12. The van der Waals surface area contributed by atoms with Crippen molar-refractivity contribution in [3.8, 4) is 5.75 Å². The van der Waals surface area contributed by atoms with Crippen molar-refractivity contribution in [3.63, 3.8) is 0 Å². The van der Waals surface area contributed by atoms with E-state index >= 15 is 0 Å². The Kier molecular flexibility index (Phi) is 5.46. The van der Waals surface area contributed by atoms with Gasteiger partial charge < -0.3 is 4.74 Å². The van der Waals surface area contributed by atoms with E-state index < -0.39 is 0 Å². The van der Waals surface area contributed by atoms with E-state index in [1.165, 1.54) is 36.1 Å². The topological polar surface area (TPSA) is 21.6 Å². The lowest BCUT2D eigenvalue weighted by molar-refractivity contribution is 0.287. The molecule has 0 fully saturated rings. The zero-order valence-electron chi connectivity index (χ0n) is 13.9. The molecule has 120 valence electrons. The summed E-state index contributed by atoms with van der Waals surface area (Å²) in [7, 11) is 0. The van der Waals surface area contributed by atoms with Crippen molar-refractivity contribution in [2.75, 3.05) is 6.61 Å². The maximum atomic E-state index is 5.93. The molecule has 1 unspecified atom stereocenters. The number of aliphatic imine (C=N–C) groups is 1. The Morgan fingerprint density at radius 1 is 1.00 bits per heavy atom. The van der Waals surface area contributed by atoms with Crippen molar-refractivity contribution in [2.45, 2.75) is 45.1 Å². The van der Waals surface area contributed by atoms with E-state index in [9.17, 15) is 0 Å². The third kappa shape index (κ3) is 4.22. The first-order valence-corrected chi connectivity index (χ1v) is 8.69. The third-order valence-electron chi connectivity index (χ3n) is 4.32. The van der Waals surface area contributed by atoms with Gasteiger partial charge >= 0.3 is 0 Å². The van der Waals surface area contributed by atoms with Crippen LogP contribution in [0.4, 0.5) is 0 Å². The van der Waals surface area contributed by atoms with Gasteiger partial charge in [0.25, 0.3) is 0 Å². The molecule has 0 aromatic heterocycles. The molecular formula is C21H25NO. The van der Waals surface area contributed by atoms with Crippen LogP contribution >= 0.6 is 0 Å². The Balaban J connectivity index is 1.70. The average Bonchev–Trinajstić information content (AvgIpc) is 2.61. The van der Waals surface area contributed by atoms with Gasteiger partial charge in [-0.25, -0.2) is 0 Å². The van der Waals surface area contributed by atoms with E-state index in [0.717, 1.165) is 18.6 Å². The van der Waals surface area contributed by atoms with Gasteiger partial charge in [-0.1, -0.05) is 62.2 Å². The number of nitrogens with zero attached hydrogens (tertiary/aromatic N) is 1. The number of rotatable bonds is 7. The molecule has 2 nitrogen and oxygen atoms in total. The van der Waals surface area contributed by atoms with Gasteiger partial charge in [-0.05, 0) is 42.5 Å². The predicted octanol–water partition coefficient (Wildman–Crippen LogP) is 5.06. The van der Waals surface area contributed by atoms with Gasteiger partial charge in [-0.2, -0.15) is 0 Å². The van der Waals surface area contributed by atoms with Crippen LogP contribution in [0.1, 0.15) is 43.7 Å². The van der Waals surface area contributed by atoms with Crippen LogP contribution in [-0.2, 0) is 6.42 Å². The fourth-order valence-corrected chi connectivity index (χ4v) is 3.12. The minimum Gasteiger partial charge on any atom is -0.491 e. The first-order chi connectivity index (χ1) is 11.4. The van der Waals surface area contributed by atoms with Crippen LogP contribution in [0, 0.1) is 0 Å². The summed E-state index contributed by atoms with van der Waals surface area (Å²) in [5.74, 6) is 0.925. The molecule has 1 aliphatic heterocycles. The van der Waals surface area contributed by atoms with Crippen molar-refractivity contribution in [1.29, 1.82) is 0 Å². The summed E-state index contributed by atoms with van der Waals surface area (Å²) in [5.41, 5.74) is 4.03. The molecule has 0 radical (unpaired) electrons. The lowest BCUT2D eigenvalue weighted by Gasteiger charge is -2.24. The number of hydrogen-bond acceptors (Lipinski definition) is 2. The molecule has 2 heteroatoms. The highest BCUT2D eigenvalue weighted by Crippen LogP contribution is 2.23. The van der Waals surface area contributed by atoms with Gasteiger partial charge in [-0.3, -0.25) is 4.99 Å². The molecule has 0 spiro atoms. The number of fused-ring (bicyclic) bond motifs is 1. The number of para-hydroxylation sites is 1. The SMILES string of the molecule is CCCCCC1=NC(COc2ccccc2)Cc2ccccc21. The summed E-state index contributed by atoms with van der Waals surface area (Å²) in [6.45, 7) is 2.89. The molecule has 1 aliphatic rings.